The summed E-state index contributed by atoms with van der Waals surface area (Å²) in [5.41, 5.74) is 8.16. The number of fused-ring (bicyclic) bond motifs is 1. The molecule has 2 aromatic rings. The van der Waals surface area contributed by atoms with Crippen LogP contribution in [0.3, 0.4) is 0 Å². The van der Waals surface area contributed by atoms with E-state index in [-0.39, 0.29) is 6.03 Å². The van der Waals surface area contributed by atoms with E-state index in [0.717, 1.165) is 16.8 Å². The number of nitrogens with one attached hydrogen (secondary N) is 1. The Labute approximate surface area is 128 Å². The summed E-state index contributed by atoms with van der Waals surface area (Å²) in [5, 5.41) is 2.85. The number of urea groups is 1. The third-order valence-electron chi connectivity index (χ3n) is 3.81. The standard InChI is InChI=1S/C17H17N3O2/c18-16(21)15-10-13-8-4-5-9-14(13)20(15)17(22)19-11-12-6-2-1-3-7-12/h1-9,15H,10-11H2,(H2,18,21)(H,19,22). The molecule has 0 spiro atoms. The Kier molecular flexibility index (Phi) is 3.78. The van der Waals surface area contributed by atoms with Gasteiger partial charge in [0.1, 0.15) is 6.04 Å². The van der Waals surface area contributed by atoms with Crippen LogP contribution in [0.2, 0.25) is 0 Å². The van der Waals surface area contributed by atoms with Gasteiger partial charge in [-0.1, -0.05) is 48.5 Å². The second kappa shape index (κ2) is 5.89. The molecule has 0 radical (unpaired) electrons. The van der Waals surface area contributed by atoms with E-state index in [1.165, 1.54) is 4.90 Å². The molecule has 0 saturated heterocycles. The fourth-order valence-corrected chi connectivity index (χ4v) is 2.72. The quantitative estimate of drug-likeness (QED) is 0.906. The van der Waals surface area contributed by atoms with E-state index in [9.17, 15) is 9.59 Å². The average molecular weight is 295 g/mol. The second-order valence-electron chi connectivity index (χ2n) is 5.27. The molecule has 0 bridgehead atoms. The summed E-state index contributed by atoms with van der Waals surface area (Å²) in [6.07, 6.45) is 0.463. The largest absolute Gasteiger partial charge is 0.368 e. The fraction of sp³-hybridized carbons (Fsp3) is 0.176. The minimum absolute atomic E-state index is 0.308. The molecule has 0 aromatic heterocycles. The topological polar surface area (TPSA) is 75.4 Å². The third-order valence-corrected chi connectivity index (χ3v) is 3.81. The number of hydrogen-bond donors (Lipinski definition) is 2. The van der Waals surface area contributed by atoms with Crippen molar-refractivity contribution in [3.05, 3.63) is 65.7 Å². The Bertz CT molecular complexity index is 700. The number of rotatable bonds is 3. The van der Waals surface area contributed by atoms with Crippen molar-refractivity contribution in [2.75, 3.05) is 4.90 Å². The van der Waals surface area contributed by atoms with Crippen LogP contribution < -0.4 is 16.0 Å². The number of primary amides is 1. The van der Waals surface area contributed by atoms with E-state index in [0.29, 0.717) is 13.0 Å². The minimum Gasteiger partial charge on any atom is -0.368 e. The molecule has 3 N–H and O–H groups in total. The van der Waals surface area contributed by atoms with Gasteiger partial charge in [-0.15, -0.1) is 0 Å². The first kappa shape index (κ1) is 14.1. The second-order valence-corrected chi connectivity index (χ2v) is 5.27. The van der Waals surface area contributed by atoms with Crippen LogP contribution in [0.5, 0.6) is 0 Å². The maximum atomic E-state index is 12.5. The highest BCUT2D eigenvalue weighted by molar-refractivity contribution is 6.02. The highest BCUT2D eigenvalue weighted by Crippen LogP contribution is 2.31. The molecule has 1 aliphatic heterocycles. The van der Waals surface area contributed by atoms with E-state index < -0.39 is 11.9 Å². The Hall–Kier alpha value is -2.82. The highest BCUT2D eigenvalue weighted by Gasteiger charge is 2.36. The summed E-state index contributed by atoms with van der Waals surface area (Å²) in [7, 11) is 0. The zero-order valence-corrected chi connectivity index (χ0v) is 12.0. The first-order valence-corrected chi connectivity index (χ1v) is 7.15. The van der Waals surface area contributed by atoms with Crippen LogP contribution in [0.4, 0.5) is 10.5 Å². The number of nitrogens with zero attached hydrogens (tertiary/aromatic N) is 1. The maximum Gasteiger partial charge on any atom is 0.322 e. The Balaban J connectivity index is 1.78. The molecule has 5 nitrogen and oxygen atoms in total. The van der Waals surface area contributed by atoms with Gasteiger partial charge in [0, 0.05) is 18.7 Å². The number of anilines is 1. The van der Waals surface area contributed by atoms with Gasteiger partial charge in [0.25, 0.3) is 0 Å². The van der Waals surface area contributed by atoms with E-state index in [1.807, 2.05) is 54.6 Å². The normalized spacial score (nSPS) is 16.2. The van der Waals surface area contributed by atoms with Crippen molar-refractivity contribution in [1.29, 1.82) is 0 Å². The number of para-hydroxylation sites is 1. The lowest BCUT2D eigenvalue weighted by atomic mass is 10.1. The molecule has 0 saturated carbocycles. The van der Waals surface area contributed by atoms with Gasteiger partial charge in [-0.25, -0.2) is 4.79 Å². The molecule has 0 fully saturated rings. The van der Waals surface area contributed by atoms with Crippen LogP contribution in [0.25, 0.3) is 0 Å². The van der Waals surface area contributed by atoms with E-state index in [2.05, 4.69) is 5.32 Å². The number of hydrogen-bond acceptors (Lipinski definition) is 2. The molecule has 0 aliphatic carbocycles. The molecular weight excluding hydrogens is 278 g/mol. The van der Waals surface area contributed by atoms with Crippen molar-refractivity contribution >= 4 is 17.6 Å². The number of carbonyl (C=O) groups is 2. The molecule has 1 unspecified atom stereocenters. The predicted molar refractivity (Wildman–Crippen MR) is 84.3 cm³/mol. The zero-order valence-electron chi connectivity index (χ0n) is 12.0. The monoisotopic (exact) mass is 295 g/mol. The van der Waals surface area contributed by atoms with Gasteiger partial charge in [-0.3, -0.25) is 9.69 Å². The van der Waals surface area contributed by atoms with E-state index in [4.69, 9.17) is 5.73 Å². The summed E-state index contributed by atoms with van der Waals surface area (Å²) in [5.74, 6) is -0.494. The Morgan fingerprint density at radius 3 is 2.50 bits per heavy atom. The first-order chi connectivity index (χ1) is 10.7. The molecule has 3 amide bonds. The summed E-state index contributed by atoms with van der Waals surface area (Å²) in [4.78, 5) is 25.6. The van der Waals surface area contributed by atoms with Crippen molar-refractivity contribution in [2.24, 2.45) is 5.73 Å². The van der Waals surface area contributed by atoms with Gasteiger partial charge >= 0.3 is 6.03 Å². The van der Waals surface area contributed by atoms with Gasteiger partial charge in [0.15, 0.2) is 0 Å². The molecular formula is C17H17N3O2. The number of benzene rings is 2. The minimum atomic E-state index is -0.631. The van der Waals surface area contributed by atoms with Crippen molar-refractivity contribution < 1.29 is 9.59 Å². The first-order valence-electron chi connectivity index (χ1n) is 7.15. The summed E-state index contributed by atoms with van der Waals surface area (Å²) < 4.78 is 0. The van der Waals surface area contributed by atoms with Crippen molar-refractivity contribution in [1.82, 2.24) is 5.32 Å². The molecule has 5 heteroatoms. The summed E-state index contributed by atoms with van der Waals surface area (Å²) in [6.45, 7) is 0.407. The van der Waals surface area contributed by atoms with Crippen LogP contribution in [0.1, 0.15) is 11.1 Å². The van der Waals surface area contributed by atoms with Crippen molar-refractivity contribution in [3.8, 4) is 0 Å². The number of amides is 3. The van der Waals surface area contributed by atoms with Gasteiger partial charge in [-0.2, -0.15) is 0 Å². The van der Waals surface area contributed by atoms with Crippen LogP contribution in [0, 0.1) is 0 Å². The molecule has 2 aromatic carbocycles. The predicted octanol–water partition coefficient (Wildman–Crippen LogP) is 1.81. The lowest BCUT2D eigenvalue weighted by molar-refractivity contribution is -0.119. The van der Waals surface area contributed by atoms with Gasteiger partial charge in [-0.05, 0) is 17.2 Å². The molecule has 3 rings (SSSR count). The molecule has 22 heavy (non-hydrogen) atoms. The molecule has 112 valence electrons. The van der Waals surface area contributed by atoms with Gasteiger partial charge < -0.3 is 11.1 Å². The average Bonchev–Trinajstić information content (AvgIpc) is 2.93. The van der Waals surface area contributed by atoms with E-state index in [1.54, 1.807) is 0 Å². The molecule has 1 heterocycles. The smallest absolute Gasteiger partial charge is 0.322 e. The lowest BCUT2D eigenvalue weighted by Crippen LogP contribution is -2.50. The zero-order chi connectivity index (χ0) is 15.5. The van der Waals surface area contributed by atoms with Gasteiger partial charge in [0.05, 0.1) is 0 Å². The summed E-state index contributed by atoms with van der Waals surface area (Å²) in [6, 6.07) is 16.2. The highest BCUT2D eigenvalue weighted by atomic mass is 16.2. The number of nitrogens with two attached hydrogens (primary N) is 1. The van der Waals surface area contributed by atoms with Crippen molar-refractivity contribution in [3.63, 3.8) is 0 Å². The molecule has 1 aliphatic rings. The van der Waals surface area contributed by atoms with Crippen LogP contribution in [-0.4, -0.2) is 18.0 Å². The van der Waals surface area contributed by atoms with Crippen LogP contribution in [0.15, 0.2) is 54.6 Å². The van der Waals surface area contributed by atoms with Crippen LogP contribution >= 0.6 is 0 Å². The van der Waals surface area contributed by atoms with Crippen LogP contribution in [-0.2, 0) is 17.8 Å². The maximum absolute atomic E-state index is 12.5. The third kappa shape index (κ3) is 2.65. The van der Waals surface area contributed by atoms with Crippen molar-refractivity contribution in [2.45, 2.75) is 19.0 Å². The molecule has 1 atom stereocenters. The lowest BCUT2D eigenvalue weighted by Gasteiger charge is -2.23. The van der Waals surface area contributed by atoms with E-state index >= 15 is 0 Å². The Morgan fingerprint density at radius 1 is 1.09 bits per heavy atom. The Morgan fingerprint density at radius 2 is 1.77 bits per heavy atom. The SMILES string of the molecule is NC(=O)C1Cc2ccccc2N1C(=O)NCc1ccccc1. The fourth-order valence-electron chi connectivity index (χ4n) is 2.72. The summed E-state index contributed by atoms with van der Waals surface area (Å²) >= 11 is 0. The number of carbonyl (C=O) groups excluding carboxylic acids is 2. The van der Waals surface area contributed by atoms with Gasteiger partial charge in [0.2, 0.25) is 5.91 Å².